The van der Waals surface area contributed by atoms with Crippen molar-refractivity contribution in [3.8, 4) is 0 Å². The van der Waals surface area contributed by atoms with Gasteiger partial charge in [-0.3, -0.25) is 9.59 Å². The Kier molecular flexibility index (Phi) is 5.27. The predicted molar refractivity (Wildman–Crippen MR) is 90.3 cm³/mol. The first-order valence-electron chi connectivity index (χ1n) is 8.47. The molecule has 1 aliphatic heterocycles. The van der Waals surface area contributed by atoms with E-state index in [0.29, 0.717) is 31.6 Å². The molecule has 1 aliphatic rings. The van der Waals surface area contributed by atoms with E-state index >= 15 is 0 Å². The molecule has 8 heteroatoms. The third-order valence-electron chi connectivity index (χ3n) is 4.74. The molecule has 1 fully saturated rings. The van der Waals surface area contributed by atoms with Gasteiger partial charge in [-0.25, -0.2) is 8.78 Å². The maximum absolute atomic E-state index is 14.5. The Morgan fingerprint density at radius 1 is 1.26 bits per heavy atom. The van der Waals surface area contributed by atoms with Crippen LogP contribution in [0.25, 0.3) is 0 Å². The van der Waals surface area contributed by atoms with Crippen LogP contribution < -0.4 is 5.32 Å². The molecular formula is C19H19F2NO5. The summed E-state index contributed by atoms with van der Waals surface area (Å²) in [5, 5.41) is 11.8. The molecular weight excluding hydrogens is 360 g/mol. The summed E-state index contributed by atoms with van der Waals surface area (Å²) in [6.45, 7) is 2.21. The van der Waals surface area contributed by atoms with Crippen LogP contribution in [0.1, 0.15) is 40.1 Å². The van der Waals surface area contributed by atoms with E-state index in [9.17, 15) is 18.4 Å². The number of carbonyl (C=O) groups excluding carboxylic acids is 1. The quantitative estimate of drug-likeness (QED) is 0.834. The fourth-order valence-electron chi connectivity index (χ4n) is 3.41. The molecule has 1 aromatic carbocycles. The van der Waals surface area contributed by atoms with Crippen molar-refractivity contribution in [1.29, 1.82) is 0 Å². The number of carboxylic acids is 1. The first kappa shape index (κ1) is 19.0. The monoisotopic (exact) mass is 379 g/mol. The van der Waals surface area contributed by atoms with Crippen LogP contribution in [0.5, 0.6) is 0 Å². The minimum Gasteiger partial charge on any atom is -0.481 e. The number of halogens is 2. The van der Waals surface area contributed by atoms with Gasteiger partial charge in [0.2, 0.25) is 0 Å². The average Bonchev–Trinajstić information content (AvgIpc) is 2.95. The molecule has 0 radical (unpaired) electrons. The van der Waals surface area contributed by atoms with E-state index in [1.54, 1.807) is 6.92 Å². The number of hydrogen-bond acceptors (Lipinski definition) is 4. The number of ether oxygens (including phenoxy) is 1. The average molecular weight is 379 g/mol. The topological polar surface area (TPSA) is 88.8 Å². The zero-order valence-corrected chi connectivity index (χ0v) is 14.7. The Morgan fingerprint density at radius 2 is 1.96 bits per heavy atom. The van der Waals surface area contributed by atoms with Gasteiger partial charge in [-0.05, 0) is 25.8 Å². The molecule has 27 heavy (non-hydrogen) atoms. The minimum atomic E-state index is -1.14. The SMILES string of the molecule is Cc1coc(CC(=O)O)c1C(=O)NC1(c2ccc(F)cc2F)CCOCC1. The highest BCUT2D eigenvalue weighted by molar-refractivity contribution is 5.98. The number of rotatable bonds is 5. The summed E-state index contributed by atoms with van der Waals surface area (Å²) in [5.41, 5.74) is -0.324. The maximum atomic E-state index is 14.5. The highest BCUT2D eigenvalue weighted by atomic mass is 19.1. The lowest BCUT2D eigenvalue weighted by Crippen LogP contribution is -2.50. The Labute approximate surface area is 154 Å². The van der Waals surface area contributed by atoms with Crippen molar-refractivity contribution in [3.63, 3.8) is 0 Å². The number of carboxylic acid groups (broad SMARTS) is 1. The van der Waals surface area contributed by atoms with Crippen molar-refractivity contribution >= 4 is 11.9 Å². The van der Waals surface area contributed by atoms with E-state index in [0.717, 1.165) is 12.1 Å². The molecule has 144 valence electrons. The number of aryl methyl sites for hydroxylation is 1. The number of hydrogen-bond donors (Lipinski definition) is 2. The molecule has 2 aromatic rings. The molecule has 0 atom stereocenters. The molecule has 0 aliphatic carbocycles. The van der Waals surface area contributed by atoms with E-state index in [-0.39, 0.29) is 16.9 Å². The molecule has 2 heterocycles. The first-order valence-corrected chi connectivity index (χ1v) is 8.47. The predicted octanol–water partition coefficient (Wildman–Crippen LogP) is 2.93. The number of amides is 1. The summed E-state index contributed by atoms with van der Waals surface area (Å²) in [6.07, 6.45) is 1.46. The fraction of sp³-hybridized carbons (Fsp3) is 0.368. The van der Waals surface area contributed by atoms with Crippen molar-refractivity contribution in [2.75, 3.05) is 13.2 Å². The van der Waals surface area contributed by atoms with Gasteiger partial charge in [0, 0.05) is 30.4 Å². The fourth-order valence-corrected chi connectivity index (χ4v) is 3.41. The molecule has 0 spiro atoms. The summed E-state index contributed by atoms with van der Waals surface area (Å²) in [5.74, 6) is -3.14. The van der Waals surface area contributed by atoms with Gasteiger partial charge in [0.05, 0.1) is 17.4 Å². The zero-order chi connectivity index (χ0) is 19.6. The van der Waals surface area contributed by atoms with E-state index in [2.05, 4.69) is 5.32 Å². The Bertz CT molecular complexity index is 871. The van der Waals surface area contributed by atoms with Crippen molar-refractivity contribution in [2.45, 2.75) is 31.7 Å². The van der Waals surface area contributed by atoms with E-state index in [1.807, 2.05) is 0 Å². The summed E-state index contributed by atoms with van der Waals surface area (Å²) in [6, 6.07) is 3.23. The van der Waals surface area contributed by atoms with Crippen LogP contribution in [-0.4, -0.2) is 30.2 Å². The van der Waals surface area contributed by atoms with Gasteiger partial charge in [-0.1, -0.05) is 6.07 Å². The minimum absolute atomic E-state index is 0.0271. The lowest BCUT2D eigenvalue weighted by atomic mass is 9.82. The molecule has 0 bridgehead atoms. The summed E-state index contributed by atoms with van der Waals surface area (Å²) < 4.78 is 38.4. The normalized spacial score (nSPS) is 16.1. The van der Waals surface area contributed by atoms with E-state index < -0.39 is 35.5 Å². The molecule has 2 N–H and O–H groups in total. The van der Waals surface area contributed by atoms with Crippen LogP contribution in [0.3, 0.4) is 0 Å². The Hall–Kier alpha value is -2.74. The molecule has 1 amide bonds. The Morgan fingerprint density at radius 3 is 2.59 bits per heavy atom. The third kappa shape index (κ3) is 3.85. The van der Waals surface area contributed by atoms with Crippen LogP contribution in [0.4, 0.5) is 8.78 Å². The molecule has 0 unspecified atom stereocenters. The summed E-state index contributed by atoms with van der Waals surface area (Å²) in [4.78, 5) is 24.0. The lowest BCUT2D eigenvalue weighted by Gasteiger charge is -2.38. The van der Waals surface area contributed by atoms with Gasteiger partial charge in [0.1, 0.15) is 23.8 Å². The smallest absolute Gasteiger partial charge is 0.311 e. The zero-order valence-electron chi connectivity index (χ0n) is 14.7. The second-order valence-electron chi connectivity index (χ2n) is 6.56. The third-order valence-corrected chi connectivity index (χ3v) is 4.74. The Balaban J connectivity index is 1.97. The van der Waals surface area contributed by atoms with E-state index in [4.69, 9.17) is 14.3 Å². The van der Waals surface area contributed by atoms with Crippen molar-refractivity contribution in [3.05, 3.63) is 58.5 Å². The summed E-state index contributed by atoms with van der Waals surface area (Å²) in [7, 11) is 0. The van der Waals surface area contributed by atoms with E-state index in [1.165, 1.54) is 12.3 Å². The lowest BCUT2D eigenvalue weighted by molar-refractivity contribution is -0.136. The number of carbonyl (C=O) groups is 2. The van der Waals surface area contributed by atoms with Gasteiger partial charge >= 0.3 is 5.97 Å². The van der Waals surface area contributed by atoms with Crippen molar-refractivity contribution in [2.24, 2.45) is 0 Å². The van der Waals surface area contributed by atoms with Crippen molar-refractivity contribution in [1.82, 2.24) is 5.32 Å². The molecule has 3 rings (SSSR count). The largest absolute Gasteiger partial charge is 0.481 e. The number of nitrogens with one attached hydrogen (secondary N) is 1. The van der Waals surface area contributed by atoms with Crippen LogP contribution in [0, 0.1) is 18.6 Å². The van der Waals surface area contributed by atoms with Gasteiger partial charge in [-0.2, -0.15) is 0 Å². The second-order valence-corrected chi connectivity index (χ2v) is 6.56. The summed E-state index contributed by atoms with van der Waals surface area (Å²) >= 11 is 0. The van der Waals surface area contributed by atoms with Gasteiger partial charge in [0.15, 0.2) is 0 Å². The number of benzene rings is 1. The van der Waals surface area contributed by atoms with Gasteiger partial charge < -0.3 is 19.6 Å². The van der Waals surface area contributed by atoms with Crippen LogP contribution in [0.15, 0.2) is 28.9 Å². The number of furan rings is 1. The van der Waals surface area contributed by atoms with Gasteiger partial charge in [-0.15, -0.1) is 0 Å². The number of aliphatic carboxylic acids is 1. The highest BCUT2D eigenvalue weighted by Gasteiger charge is 2.39. The molecule has 1 aromatic heterocycles. The van der Waals surface area contributed by atoms with Gasteiger partial charge in [0.25, 0.3) is 5.91 Å². The second kappa shape index (κ2) is 7.48. The van der Waals surface area contributed by atoms with Crippen LogP contribution >= 0.6 is 0 Å². The molecule has 0 saturated carbocycles. The van der Waals surface area contributed by atoms with Crippen LogP contribution in [0.2, 0.25) is 0 Å². The maximum Gasteiger partial charge on any atom is 0.311 e. The molecule has 1 saturated heterocycles. The van der Waals surface area contributed by atoms with Crippen molar-refractivity contribution < 1.29 is 32.6 Å². The standard InChI is InChI=1S/C19H19F2NO5/c1-11-10-27-15(9-16(23)24)17(11)18(25)22-19(4-6-26-7-5-19)13-3-2-12(20)8-14(13)21/h2-3,8,10H,4-7,9H2,1H3,(H,22,25)(H,23,24). The highest BCUT2D eigenvalue weighted by Crippen LogP contribution is 2.35. The molecule has 6 nitrogen and oxygen atoms in total. The first-order chi connectivity index (χ1) is 12.8. The van der Waals surface area contributed by atoms with Crippen LogP contribution in [-0.2, 0) is 21.5 Å².